The molecule has 4 nitrogen and oxygen atoms in total. The van der Waals surface area contributed by atoms with Crippen LogP contribution >= 0.6 is 0 Å². The quantitative estimate of drug-likeness (QED) is 0.315. The number of benzene rings is 3. The summed E-state index contributed by atoms with van der Waals surface area (Å²) in [5.74, 6) is 0.103. The van der Waals surface area contributed by atoms with Gasteiger partial charge in [0.15, 0.2) is 0 Å². The molecule has 5 aromatic rings. The van der Waals surface area contributed by atoms with Crippen LogP contribution in [0.15, 0.2) is 81.6 Å². The van der Waals surface area contributed by atoms with E-state index < -0.39 is 5.97 Å². The number of para-hydroxylation sites is 2. The summed E-state index contributed by atoms with van der Waals surface area (Å²) in [5.41, 5.74) is 2.22. The fourth-order valence-electron chi connectivity index (χ4n) is 3.01. The number of fused-ring (bicyclic) bond motifs is 4. The summed E-state index contributed by atoms with van der Waals surface area (Å²) in [6.45, 7) is 0. The maximum atomic E-state index is 12.4. The van der Waals surface area contributed by atoms with Crippen molar-refractivity contribution in [2.75, 3.05) is 0 Å². The Kier molecular flexibility index (Phi) is 2.91. The lowest BCUT2D eigenvalue weighted by molar-refractivity contribution is 0.0704. The van der Waals surface area contributed by atoms with Crippen molar-refractivity contribution in [3.63, 3.8) is 0 Å². The minimum Gasteiger partial charge on any atom is -0.456 e. The molecule has 0 atom stereocenters. The highest BCUT2D eigenvalue weighted by atomic mass is 16.5. The maximum absolute atomic E-state index is 12.4. The predicted octanol–water partition coefficient (Wildman–Crippen LogP) is 5.55. The first kappa shape index (κ1) is 13.9. The fourth-order valence-corrected chi connectivity index (χ4v) is 3.01. The number of carbonyl (C=O) groups is 1. The number of carbonyl (C=O) groups excluding carboxylic acids is 1. The normalized spacial score (nSPS) is 11.4. The summed E-state index contributed by atoms with van der Waals surface area (Å²) < 4.78 is 16.8. The highest BCUT2D eigenvalue weighted by molar-refractivity contribution is 6.05. The molecule has 0 bridgehead atoms. The second-order valence-corrected chi connectivity index (χ2v) is 5.79. The van der Waals surface area contributed by atoms with Gasteiger partial charge < -0.3 is 13.6 Å². The van der Waals surface area contributed by atoms with Gasteiger partial charge in [0.1, 0.15) is 22.5 Å². The molecule has 0 saturated carbocycles. The van der Waals surface area contributed by atoms with Gasteiger partial charge in [0.2, 0.25) is 5.76 Å². The zero-order valence-corrected chi connectivity index (χ0v) is 13.1. The Morgan fingerprint density at radius 2 is 1.48 bits per heavy atom. The van der Waals surface area contributed by atoms with Gasteiger partial charge >= 0.3 is 5.97 Å². The molecule has 120 valence electrons. The highest BCUT2D eigenvalue weighted by Gasteiger charge is 2.15. The number of hydrogen-bond donors (Lipinski definition) is 0. The van der Waals surface area contributed by atoms with Gasteiger partial charge in [-0.1, -0.05) is 36.4 Å². The van der Waals surface area contributed by atoms with Crippen LogP contribution in [0.1, 0.15) is 10.6 Å². The van der Waals surface area contributed by atoms with Crippen molar-refractivity contribution in [1.82, 2.24) is 0 Å². The lowest BCUT2D eigenvalue weighted by atomic mass is 10.1. The molecule has 5 rings (SSSR count). The van der Waals surface area contributed by atoms with Crippen molar-refractivity contribution in [1.29, 1.82) is 0 Å². The van der Waals surface area contributed by atoms with Crippen LogP contribution in [-0.2, 0) is 0 Å². The molecule has 2 heterocycles. The molecule has 4 heteroatoms. The zero-order chi connectivity index (χ0) is 16.8. The number of furan rings is 2. The lowest BCUT2D eigenvalue weighted by Gasteiger charge is -2.02. The van der Waals surface area contributed by atoms with Crippen LogP contribution < -0.4 is 4.74 Å². The Balaban J connectivity index is 1.52. The van der Waals surface area contributed by atoms with Crippen LogP contribution in [0.25, 0.3) is 32.9 Å². The van der Waals surface area contributed by atoms with Gasteiger partial charge in [-0.25, -0.2) is 4.79 Å². The molecule has 0 radical (unpaired) electrons. The van der Waals surface area contributed by atoms with Crippen molar-refractivity contribution in [3.05, 3.63) is 78.6 Å². The van der Waals surface area contributed by atoms with E-state index in [1.807, 2.05) is 54.6 Å². The van der Waals surface area contributed by atoms with E-state index in [0.29, 0.717) is 11.3 Å². The Bertz CT molecular complexity index is 1210. The zero-order valence-electron chi connectivity index (χ0n) is 13.1. The van der Waals surface area contributed by atoms with Crippen molar-refractivity contribution >= 4 is 38.9 Å². The number of esters is 1. The van der Waals surface area contributed by atoms with E-state index in [4.69, 9.17) is 13.6 Å². The standard InChI is InChI=1S/C21H12O4/c22-21(20-11-13-5-1-3-7-17(13)24-20)23-14-9-10-19-16(12-14)15-6-2-4-8-18(15)25-19/h1-12H. The maximum Gasteiger partial charge on any atom is 0.379 e. The average molecular weight is 328 g/mol. The number of rotatable bonds is 2. The Hall–Kier alpha value is -3.53. The van der Waals surface area contributed by atoms with Crippen molar-refractivity contribution in [3.8, 4) is 5.75 Å². The summed E-state index contributed by atoms with van der Waals surface area (Å²) in [6, 6.07) is 22.2. The van der Waals surface area contributed by atoms with Gasteiger partial charge in [-0.3, -0.25) is 0 Å². The molecular weight excluding hydrogens is 316 g/mol. The fraction of sp³-hybridized carbons (Fsp3) is 0. The first-order valence-electron chi connectivity index (χ1n) is 7.90. The van der Waals surface area contributed by atoms with Crippen LogP contribution in [0, 0.1) is 0 Å². The number of hydrogen-bond acceptors (Lipinski definition) is 4. The number of ether oxygens (including phenoxy) is 1. The molecule has 0 saturated heterocycles. The summed E-state index contributed by atoms with van der Waals surface area (Å²) in [5, 5.41) is 2.76. The summed E-state index contributed by atoms with van der Waals surface area (Å²) in [7, 11) is 0. The van der Waals surface area contributed by atoms with Crippen molar-refractivity contribution in [2.45, 2.75) is 0 Å². The third-order valence-corrected chi connectivity index (χ3v) is 4.19. The SMILES string of the molecule is O=C(Oc1ccc2oc3ccccc3c2c1)c1cc2ccccc2o1. The van der Waals surface area contributed by atoms with E-state index >= 15 is 0 Å². The molecule has 0 spiro atoms. The van der Waals surface area contributed by atoms with Crippen molar-refractivity contribution in [2.24, 2.45) is 0 Å². The van der Waals surface area contributed by atoms with E-state index in [2.05, 4.69) is 0 Å². The van der Waals surface area contributed by atoms with Gasteiger partial charge in [-0.05, 0) is 36.4 Å². The third-order valence-electron chi connectivity index (χ3n) is 4.19. The molecule has 0 amide bonds. The average Bonchev–Trinajstić information content (AvgIpc) is 3.23. The van der Waals surface area contributed by atoms with Crippen LogP contribution in [0.5, 0.6) is 5.75 Å². The molecule has 2 aromatic heterocycles. The lowest BCUT2D eigenvalue weighted by Crippen LogP contribution is -2.06. The van der Waals surface area contributed by atoms with E-state index in [9.17, 15) is 4.79 Å². The second kappa shape index (κ2) is 5.24. The Labute approximate surface area is 142 Å². The summed E-state index contributed by atoms with van der Waals surface area (Å²) in [4.78, 5) is 12.4. The summed E-state index contributed by atoms with van der Waals surface area (Å²) in [6.07, 6.45) is 0. The Morgan fingerprint density at radius 3 is 2.36 bits per heavy atom. The minimum atomic E-state index is -0.525. The Morgan fingerprint density at radius 1 is 0.720 bits per heavy atom. The molecule has 3 aromatic carbocycles. The van der Waals surface area contributed by atoms with Crippen LogP contribution in [0.2, 0.25) is 0 Å². The van der Waals surface area contributed by atoms with Crippen LogP contribution in [0.4, 0.5) is 0 Å². The first-order valence-corrected chi connectivity index (χ1v) is 7.90. The molecule has 0 aliphatic rings. The van der Waals surface area contributed by atoms with Gasteiger partial charge in [-0.15, -0.1) is 0 Å². The molecule has 0 N–H and O–H groups in total. The molecule has 0 aliphatic carbocycles. The van der Waals surface area contributed by atoms with Crippen LogP contribution in [0.3, 0.4) is 0 Å². The van der Waals surface area contributed by atoms with E-state index in [1.54, 1.807) is 18.2 Å². The largest absolute Gasteiger partial charge is 0.456 e. The predicted molar refractivity (Wildman–Crippen MR) is 94.9 cm³/mol. The van der Waals surface area contributed by atoms with Gasteiger partial charge in [0.05, 0.1) is 0 Å². The van der Waals surface area contributed by atoms with E-state index in [0.717, 1.165) is 27.3 Å². The van der Waals surface area contributed by atoms with Crippen LogP contribution in [-0.4, -0.2) is 5.97 Å². The highest BCUT2D eigenvalue weighted by Crippen LogP contribution is 2.31. The monoisotopic (exact) mass is 328 g/mol. The van der Waals surface area contributed by atoms with Gasteiger partial charge in [0, 0.05) is 16.2 Å². The van der Waals surface area contributed by atoms with E-state index in [-0.39, 0.29) is 5.76 Å². The molecule has 0 fully saturated rings. The third kappa shape index (κ3) is 2.27. The minimum absolute atomic E-state index is 0.179. The summed E-state index contributed by atoms with van der Waals surface area (Å²) >= 11 is 0. The van der Waals surface area contributed by atoms with E-state index in [1.165, 1.54) is 0 Å². The van der Waals surface area contributed by atoms with Gasteiger partial charge in [0.25, 0.3) is 0 Å². The van der Waals surface area contributed by atoms with Gasteiger partial charge in [-0.2, -0.15) is 0 Å². The topological polar surface area (TPSA) is 52.6 Å². The first-order chi connectivity index (χ1) is 12.3. The molecular formula is C21H12O4. The smallest absolute Gasteiger partial charge is 0.379 e. The molecule has 0 unspecified atom stereocenters. The molecule has 25 heavy (non-hydrogen) atoms. The second-order valence-electron chi connectivity index (χ2n) is 5.79. The molecule has 0 aliphatic heterocycles. The van der Waals surface area contributed by atoms with Crippen molar-refractivity contribution < 1.29 is 18.4 Å².